The van der Waals surface area contributed by atoms with Gasteiger partial charge in [0.15, 0.2) is 5.16 Å². The van der Waals surface area contributed by atoms with Crippen molar-refractivity contribution in [1.82, 2.24) is 9.55 Å². The summed E-state index contributed by atoms with van der Waals surface area (Å²) in [6.07, 6.45) is -4.20. The molecule has 2 heterocycles. The van der Waals surface area contributed by atoms with Crippen LogP contribution in [-0.2, 0) is 11.2 Å². The van der Waals surface area contributed by atoms with Gasteiger partial charge in [-0.2, -0.15) is 0 Å². The van der Waals surface area contributed by atoms with Gasteiger partial charge in [0, 0.05) is 23.9 Å². The van der Waals surface area contributed by atoms with Gasteiger partial charge in [-0.25, -0.2) is 4.98 Å². The van der Waals surface area contributed by atoms with Gasteiger partial charge >= 0.3 is 6.36 Å². The summed E-state index contributed by atoms with van der Waals surface area (Å²) in [5.41, 5.74) is 1.20. The lowest BCUT2D eigenvalue weighted by molar-refractivity contribution is -0.274. The molecule has 0 saturated heterocycles. The summed E-state index contributed by atoms with van der Waals surface area (Å²) in [5.74, 6) is 0.545. The van der Waals surface area contributed by atoms with Crippen LogP contribution in [0.5, 0.6) is 11.5 Å². The van der Waals surface area contributed by atoms with Crippen LogP contribution in [-0.4, -0.2) is 40.4 Å². The SMILES string of the molecule is COc1cccc(NC(=O)CSc2nc3c(c(=O)n2-c2ccc(OC(F)(F)F)cc2)SCC3)c1. The van der Waals surface area contributed by atoms with Crippen molar-refractivity contribution in [2.24, 2.45) is 0 Å². The van der Waals surface area contributed by atoms with Gasteiger partial charge in [0.1, 0.15) is 11.5 Å². The lowest BCUT2D eigenvalue weighted by Crippen LogP contribution is -2.24. The van der Waals surface area contributed by atoms with E-state index >= 15 is 0 Å². The van der Waals surface area contributed by atoms with Crippen LogP contribution in [0.25, 0.3) is 5.69 Å². The number of hydrogen-bond donors (Lipinski definition) is 1. The fourth-order valence-corrected chi connectivity index (χ4v) is 5.09. The number of halogens is 3. The second-order valence-corrected chi connectivity index (χ2v) is 9.07. The molecule has 0 saturated carbocycles. The van der Waals surface area contributed by atoms with Crippen LogP contribution in [0, 0.1) is 0 Å². The first-order valence-corrected chi connectivity index (χ1v) is 11.9. The molecule has 0 spiro atoms. The number of carbonyl (C=O) groups is 1. The van der Waals surface area contributed by atoms with Crippen LogP contribution in [0.3, 0.4) is 0 Å². The molecule has 1 amide bonds. The Morgan fingerprint density at radius 3 is 2.68 bits per heavy atom. The fraction of sp³-hybridized carbons (Fsp3) is 0.227. The number of hydrogen-bond acceptors (Lipinski definition) is 7. The van der Waals surface area contributed by atoms with Gasteiger partial charge in [0.2, 0.25) is 5.91 Å². The molecule has 0 fully saturated rings. The topological polar surface area (TPSA) is 82.5 Å². The maximum atomic E-state index is 13.2. The number of amides is 1. The highest BCUT2D eigenvalue weighted by Gasteiger charge is 2.31. The van der Waals surface area contributed by atoms with Crippen LogP contribution in [0.2, 0.25) is 0 Å². The molecule has 1 aliphatic rings. The van der Waals surface area contributed by atoms with E-state index in [0.717, 1.165) is 23.9 Å². The Hall–Kier alpha value is -3.12. The van der Waals surface area contributed by atoms with E-state index in [0.29, 0.717) is 39.9 Å². The monoisotopic (exact) mass is 509 g/mol. The molecule has 0 radical (unpaired) electrons. The molecule has 2 aromatic carbocycles. The second kappa shape index (κ2) is 10.0. The molecule has 34 heavy (non-hydrogen) atoms. The van der Waals surface area contributed by atoms with E-state index in [2.05, 4.69) is 15.0 Å². The number of methoxy groups -OCH3 is 1. The number of fused-ring (bicyclic) bond motifs is 1. The minimum atomic E-state index is -4.82. The van der Waals surface area contributed by atoms with E-state index in [1.54, 1.807) is 24.3 Å². The molecule has 0 atom stereocenters. The van der Waals surface area contributed by atoms with E-state index in [1.807, 2.05) is 0 Å². The maximum Gasteiger partial charge on any atom is 0.573 e. The average Bonchev–Trinajstić information content (AvgIpc) is 3.27. The smallest absolute Gasteiger partial charge is 0.497 e. The summed E-state index contributed by atoms with van der Waals surface area (Å²) in [7, 11) is 1.52. The van der Waals surface area contributed by atoms with Gasteiger partial charge in [-0.15, -0.1) is 24.9 Å². The Morgan fingerprint density at radius 1 is 1.21 bits per heavy atom. The van der Waals surface area contributed by atoms with Gasteiger partial charge in [-0.05, 0) is 36.4 Å². The molecule has 0 aliphatic carbocycles. The lowest BCUT2D eigenvalue weighted by Gasteiger charge is -2.15. The zero-order valence-corrected chi connectivity index (χ0v) is 19.4. The van der Waals surface area contributed by atoms with E-state index in [-0.39, 0.29) is 22.4 Å². The third-order valence-corrected chi connectivity index (χ3v) is 6.73. The van der Waals surface area contributed by atoms with Crippen molar-refractivity contribution in [2.45, 2.75) is 22.8 Å². The number of benzene rings is 2. The number of nitrogens with zero attached hydrogens (tertiary/aromatic N) is 2. The Labute approximate surface area is 200 Å². The van der Waals surface area contributed by atoms with Crippen molar-refractivity contribution >= 4 is 35.1 Å². The maximum absolute atomic E-state index is 13.2. The van der Waals surface area contributed by atoms with Crippen molar-refractivity contribution in [3.8, 4) is 17.2 Å². The van der Waals surface area contributed by atoms with Crippen LogP contribution in [0.1, 0.15) is 5.69 Å². The number of aromatic nitrogens is 2. The van der Waals surface area contributed by atoms with E-state index in [9.17, 15) is 22.8 Å². The third kappa shape index (κ3) is 5.68. The van der Waals surface area contributed by atoms with Crippen LogP contribution < -0.4 is 20.3 Å². The molecule has 7 nitrogen and oxygen atoms in total. The minimum Gasteiger partial charge on any atom is -0.497 e. The number of nitrogens with one attached hydrogen (secondary N) is 1. The Balaban J connectivity index is 1.58. The first kappa shape index (κ1) is 24.0. The summed E-state index contributed by atoms with van der Waals surface area (Å²) in [5, 5.41) is 3.03. The summed E-state index contributed by atoms with van der Waals surface area (Å²) in [6, 6.07) is 11.8. The summed E-state index contributed by atoms with van der Waals surface area (Å²) >= 11 is 2.44. The van der Waals surface area contributed by atoms with E-state index < -0.39 is 12.1 Å². The van der Waals surface area contributed by atoms with Gasteiger partial charge < -0.3 is 14.8 Å². The van der Waals surface area contributed by atoms with E-state index in [1.165, 1.54) is 35.6 Å². The highest BCUT2D eigenvalue weighted by Crippen LogP contribution is 2.31. The lowest BCUT2D eigenvalue weighted by atomic mass is 10.3. The number of carbonyl (C=O) groups excluding carboxylic acids is 1. The molecule has 3 aromatic rings. The minimum absolute atomic E-state index is 0.0369. The first-order chi connectivity index (χ1) is 16.2. The first-order valence-electron chi connectivity index (χ1n) is 9.95. The predicted molar refractivity (Wildman–Crippen MR) is 123 cm³/mol. The molecule has 4 rings (SSSR count). The van der Waals surface area contributed by atoms with Crippen molar-refractivity contribution in [3.05, 3.63) is 64.6 Å². The molecule has 0 bridgehead atoms. The quantitative estimate of drug-likeness (QED) is 0.371. The summed E-state index contributed by atoms with van der Waals surface area (Å²) in [4.78, 5) is 30.8. The summed E-state index contributed by atoms with van der Waals surface area (Å²) in [6.45, 7) is 0. The Morgan fingerprint density at radius 2 is 1.97 bits per heavy atom. The van der Waals surface area contributed by atoms with Crippen LogP contribution in [0.15, 0.2) is 63.4 Å². The number of thioether (sulfide) groups is 2. The highest BCUT2D eigenvalue weighted by atomic mass is 32.2. The number of ether oxygens (including phenoxy) is 2. The number of aryl methyl sites for hydroxylation is 1. The Bertz CT molecular complexity index is 1260. The van der Waals surface area contributed by atoms with Crippen LogP contribution >= 0.6 is 23.5 Å². The third-order valence-electron chi connectivity index (χ3n) is 4.68. The average molecular weight is 510 g/mol. The standard InChI is InChI=1S/C22H18F3N3O4S2/c1-31-16-4-2-3-13(11-16)26-18(29)12-34-21-27-17-9-10-33-19(17)20(30)28(21)14-5-7-15(8-6-14)32-22(23,24)25/h2-8,11H,9-10,12H2,1H3,(H,26,29). The van der Waals surface area contributed by atoms with Crippen molar-refractivity contribution in [2.75, 3.05) is 23.9 Å². The zero-order valence-electron chi connectivity index (χ0n) is 17.7. The Kier molecular flexibility index (Phi) is 7.08. The van der Waals surface area contributed by atoms with Gasteiger partial charge in [0.25, 0.3) is 5.56 Å². The molecule has 1 N–H and O–H groups in total. The molecule has 1 aliphatic heterocycles. The molecule has 0 unspecified atom stereocenters. The fourth-order valence-electron chi connectivity index (χ4n) is 3.24. The molecule has 1 aromatic heterocycles. The number of alkyl halides is 3. The molecule has 178 valence electrons. The highest BCUT2D eigenvalue weighted by molar-refractivity contribution is 8.00. The van der Waals surface area contributed by atoms with Gasteiger partial charge in [0.05, 0.1) is 29.1 Å². The van der Waals surface area contributed by atoms with Gasteiger partial charge in [-0.1, -0.05) is 17.8 Å². The van der Waals surface area contributed by atoms with E-state index in [4.69, 9.17) is 4.74 Å². The second-order valence-electron chi connectivity index (χ2n) is 7.02. The molecular weight excluding hydrogens is 491 g/mol. The van der Waals surface area contributed by atoms with Crippen molar-refractivity contribution in [3.63, 3.8) is 0 Å². The molecular formula is C22H18F3N3O4S2. The largest absolute Gasteiger partial charge is 0.573 e. The predicted octanol–water partition coefficient (Wildman–Crippen LogP) is 4.52. The summed E-state index contributed by atoms with van der Waals surface area (Å²) < 4.78 is 47.8. The molecule has 12 heteroatoms. The normalized spacial score (nSPS) is 12.8. The van der Waals surface area contributed by atoms with Crippen molar-refractivity contribution < 1.29 is 27.4 Å². The zero-order chi connectivity index (χ0) is 24.3. The van der Waals surface area contributed by atoms with Crippen molar-refractivity contribution in [1.29, 1.82) is 0 Å². The van der Waals surface area contributed by atoms with Gasteiger partial charge in [-0.3, -0.25) is 14.2 Å². The number of anilines is 1. The van der Waals surface area contributed by atoms with Crippen LogP contribution in [0.4, 0.5) is 18.9 Å². The number of rotatable bonds is 7.